The van der Waals surface area contributed by atoms with Crippen LogP contribution in [0.4, 0.5) is 17.1 Å². The van der Waals surface area contributed by atoms with Crippen molar-refractivity contribution in [1.29, 1.82) is 0 Å². The summed E-state index contributed by atoms with van der Waals surface area (Å²) in [5.41, 5.74) is 39.9. The third-order valence-corrected chi connectivity index (χ3v) is 22.0. The fourth-order valence-corrected chi connectivity index (χ4v) is 18.7. The van der Waals surface area contributed by atoms with Crippen LogP contribution in [0, 0.1) is 34.6 Å². The van der Waals surface area contributed by atoms with Crippen molar-refractivity contribution in [1.82, 2.24) is 0 Å². The Labute approximate surface area is 529 Å². The Hall–Kier alpha value is -10.7. The van der Waals surface area contributed by atoms with Gasteiger partial charge in [0.2, 0.25) is 0 Å². The molecule has 13 aromatic carbocycles. The molecule has 0 saturated carbocycles. The lowest BCUT2D eigenvalue weighted by Gasteiger charge is -2.34. The van der Waals surface area contributed by atoms with Crippen LogP contribution in [-0.4, -0.2) is 0 Å². The molecule has 15 aromatic rings. The summed E-state index contributed by atoms with van der Waals surface area (Å²) in [5, 5.41) is 4.65. The Bertz CT molecular complexity index is 5700. The van der Waals surface area contributed by atoms with E-state index in [2.05, 4.69) is 296 Å². The number of aryl methyl sites for hydroxylation is 5. The van der Waals surface area contributed by atoms with Crippen LogP contribution in [0.2, 0.25) is 0 Å². The predicted molar refractivity (Wildman–Crippen MR) is 375 cm³/mol. The summed E-state index contributed by atoms with van der Waals surface area (Å²) in [6, 6.07) is 93.0. The summed E-state index contributed by atoms with van der Waals surface area (Å²) in [5.74, 6) is 0. The van der Waals surface area contributed by atoms with Crippen molar-refractivity contribution in [2.45, 2.75) is 64.7 Å². The molecule has 0 radical (unpaired) electrons. The number of hydrogen-bond donors (Lipinski definition) is 0. The SMILES string of the molecule is Cc1cc(C)cc(-c2cc3c(c4c2oc2ccccc24)-c2ccc(N(c4ccc5c(c4)C4(c6ccccc6-c6ccccc64)c4cc6c(cc4-5)C4(c5ccccc5-c5ccccc54)c4ccc5oc7ccccc7c5c4-6)c4c(C)cc(C)cc4C)cc2C3(C)C)c1. The number of para-hydroxylation sites is 2. The highest BCUT2D eigenvalue weighted by molar-refractivity contribution is 6.20. The monoisotopic (exact) mass is 1160 g/mol. The molecular formula is C88H61NO2. The van der Waals surface area contributed by atoms with Crippen LogP contribution in [0.25, 0.3) is 111 Å². The van der Waals surface area contributed by atoms with E-state index < -0.39 is 10.8 Å². The van der Waals surface area contributed by atoms with E-state index in [4.69, 9.17) is 8.83 Å². The molecule has 2 heterocycles. The molecule has 0 fully saturated rings. The predicted octanol–water partition coefficient (Wildman–Crippen LogP) is 23.2. The molecular weight excluding hydrogens is 1100 g/mol. The third-order valence-electron chi connectivity index (χ3n) is 22.0. The molecule has 2 spiro atoms. The molecule has 5 aliphatic rings. The lowest BCUT2D eigenvalue weighted by Crippen LogP contribution is -2.27. The number of nitrogens with zero attached hydrogens (tertiary/aromatic N) is 1. The lowest BCUT2D eigenvalue weighted by atomic mass is 9.68. The molecule has 0 N–H and O–H groups in total. The number of furan rings is 2. The minimum Gasteiger partial charge on any atom is -0.456 e. The number of anilines is 3. The van der Waals surface area contributed by atoms with Crippen molar-refractivity contribution >= 4 is 60.9 Å². The highest BCUT2D eigenvalue weighted by atomic mass is 16.3. The van der Waals surface area contributed by atoms with Crippen LogP contribution in [0.15, 0.2) is 251 Å². The molecule has 5 aliphatic carbocycles. The van der Waals surface area contributed by atoms with Crippen LogP contribution >= 0.6 is 0 Å². The standard InChI is InChI=1S/C88H61NO2/c1-48-38-49(2)42-53(41-48)64-45-76-80(83-63-25-13-19-31-78(63)91-85(64)83)61-35-33-54(43-72(61)86(76,6)7)89(84-51(4)39-50(3)40-52(84)5)55-32-34-60-65-46-75-66(47-74(65)88(73(60)44-55)69-28-16-10-22-58(69)59-23-11-17-29-70(59)88)81-71(36-37-79-82(81)62-24-12-18-30-77(62)90-79)87(75)67-26-14-8-20-56(67)57-21-9-15-27-68(57)87/h8-47H,1-7H3. The Balaban J connectivity index is 0.860. The first kappa shape index (κ1) is 51.2. The number of fused-ring (bicyclic) bond motifs is 31. The maximum Gasteiger partial charge on any atom is 0.143 e. The molecule has 430 valence electrons. The smallest absolute Gasteiger partial charge is 0.143 e. The second kappa shape index (κ2) is 17.6. The van der Waals surface area contributed by atoms with Gasteiger partial charge in [-0.2, -0.15) is 0 Å². The van der Waals surface area contributed by atoms with Gasteiger partial charge in [0.05, 0.1) is 16.5 Å². The Morgan fingerprint density at radius 2 is 0.747 bits per heavy atom. The third kappa shape index (κ3) is 6.29. The maximum absolute atomic E-state index is 6.99. The fourth-order valence-electron chi connectivity index (χ4n) is 18.7. The molecule has 0 amide bonds. The molecule has 0 atom stereocenters. The first-order chi connectivity index (χ1) is 44.4. The second-order valence-electron chi connectivity index (χ2n) is 27.3. The van der Waals surface area contributed by atoms with Crippen molar-refractivity contribution in [3.05, 3.63) is 326 Å². The number of rotatable bonds is 4. The number of hydrogen-bond acceptors (Lipinski definition) is 3. The van der Waals surface area contributed by atoms with Crippen molar-refractivity contribution in [2.75, 3.05) is 4.90 Å². The van der Waals surface area contributed by atoms with E-state index in [1.54, 1.807) is 0 Å². The number of benzene rings is 13. The average Bonchev–Trinajstić information content (AvgIpc) is 1.49. The first-order valence-electron chi connectivity index (χ1n) is 32.2. The zero-order chi connectivity index (χ0) is 60.7. The van der Waals surface area contributed by atoms with Gasteiger partial charge in [-0.3, -0.25) is 0 Å². The summed E-state index contributed by atoms with van der Waals surface area (Å²) < 4.78 is 13.8. The summed E-state index contributed by atoms with van der Waals surface area (Å²) >= 11 is 0. The van der Waals surface area contributed by atoms with Gasteiger partial charge in [0.15, 0.2) is 0 Å². The van der Waals surface area contributed by atoms with E-state index in [1.165, 1.54) is 161 Å². The second-order valence-corrected chi connectivity index (χ2v) is 27.3. The lowest BCUT2D eigenvalue weighted by molar-refractivity contribution is 0.657. The van der Waals surface area contributed by atoms with Gasteiger partial charge in [-0.05, 0) is 223 Å². The van der Waals surface area contributed by atoms with E-state index in [0.717, 1.165) is 50.0 Å². The highest BCUT2D eigenvalue weighted by Gasteiger charge is 2.57. The van der Waals surface area contributed by atoms with Gasteiger partial charge in [-0.1, -0.05) is 213 Å². The van der Waals surface area contributed by atoms with Crippen LogP contribution < -0.4 is 4.90 Å². The molecule has 3 heteroatoms. The van der Waals surface area contributed by atoms with E-state index in [9.17, 15) is 0 Å². The minimum atomic E-state index is -0.673. The van der Waals surface area contributed by atoms with Gasteiger partial charge in [0.1, 0.15) is 22.3 Å². The molecule has 3 nitrogen and oxygen atoms in total. The zero-order valence-corrected chi connectivity index (χ0v) is 51.9. The van der Waals surface area contributed by atoms with Crippen LogP contribution in [0.3, 0.4) is 0 Å². The van der Waals surface area contributed by atoms with Crippen molar-refractivity contribution in [3.8, 4) is 66.8 Å². The van der Waals surface area contributed by atoms with Crippen LogP contribution in [0.1, 0.15) is 97.3 Å². The summed E-state index contributed by atoms with van der Waals surface area (Å²) in [6.07, 6.45) is 0. The quantitative estimate of drug-likeness (QED) is 0.176. The van der Waals surface area contributed by atoms with Crippen molar-refractivity contribution < 1.29 is 8.83 Å². The van der Waals surface area contributed by atoms with Gasteiger partial charge < -0.3 is 13.7 Å². The molecule has 0 aliphatic heterocycles. The average molecular weight is 1160 g/mol. The van der Waals surface area contributed by atoms with Crippen LogP contribution in [0.5, 0.6) is 0 Å². The van der Waals surface area contributed by atoms with E-state index in [0.29, 0.717) is 0 Å². The Kier molecular flexibility index (Phi) is 9.88. The van der Waals surface area contributed by atoms with Gasteiger partial charge in [0.25, 0.3) is 0 Å². The fraction of sp³-hybridized carbons (Fsp3) is 0.114. The van der Waals surface area contributed by atoms with E-state index in [-0.39, 0.29) is 5.41 Å². The van der Waals surface area contributed by atoms with E-state index in [1.807, 2.05) is 0 Å². The largest absolute Gasteiger partial charge is 0.456 e. The molecule has 0 unspecified atom stereocenters. The minimum absolute atomic E-state index is 0.365. The van der Waals surface area contributed by atoms with Crippen molar-refractivity contribution in [3.63, 3.8) is 0 Å². The topological polar surface area (TPSA) is 29.5 Å². The molecule has 0 saturated heterocycles. The van der Waals surface area contributed by atoms with Gasteiger partial charge in [0, 0.05) is 43.9 Å². The maximum atomic E-state index is 6.99. The van der Waals surface area contributed by atoms with Gasteiger partial charge in [-0.25, -0.2) is 0 Å². The Morgan fingerprint density at radius 1 is 0.297 bits per heavy atom. The molecule has 91 heavy (non-hydrogen) atoms. The summed E-state index contributed by atoms with van der Waals surface area (Å²) in [7, 11) is 0. The van der Waals surface area contributed by atoms with Gasteiger partial charge in [-0.15, -0.1) is 0 Å². The van der Waals surface area contributed by atoms with E-state index >= 15 is 0 Å². The van der Waals surface area contributed by atoms with Crippen LogP contribution in [-0.2, 0) is 16.2 Å². The zero-order valence-electron chi connectivity index (χ0n) is 51.9. The summed E-state index contributed by atoms with van der Waals surface area (Å²) in [4.78, 5) is 2.59. The molecule has 20 rings (SSSR count). The molecule has 2 aromatic heterocycles. The van der Waals surface area contributed by atoms with Crippen molar-refractivity contribution in [2.24, 2.45) is 0 Å². The summed E-state index contributed by atoms with van der Waals surface area (Å²) in [6.45, 7) is 16.1. The first-order valence-corrected chi connectivity index (χ1v) is 32.2. The Morgan fingerprint density at radius 3 is 1.36 bits per heavy atom. The highest BCUT2D eigenvalue weighted by Crippen LogP contribution is 2.70. The normalized spacial score (nSPS) is 14.8. The molecule has 0 bridgehead atoms. The van der Waals surface area contributed by atoms with Gasteiger partial charge >= 0.3 is 0 Å².